The van der Waals surface area contributed by atoms with Gasteiger partial charge in [0, 0.05) is 25.2 Å². The van der Waals surface area contributed by atoms with Crippen LogP contribution < -0.4 is 19.9 Å². The molecular weight excluding hydrogens is 530 g/mol. The number of benzene rings is 2. The summed E-state index contributed by atoms with van der Waals surface area (Å²) in [5, 5.41) is 4.64. The number of ether oxygens (including phenoxy) is 1. The molecule has 0 atom stereocenters. The molecule has 12 heteroatoms. The van der Waals surface area contributed by atoms with Crippen LogP contribution in [0.2, 0.25) is 0 Å². The summed E-state index contributed by atoms with van der Waals surface area (Å²) in [6, 6.07) is 9.86. The van der Waals surface area contributed by atoms with Crippen LogP contribution in [0.15, 0.2) is 46.1 Å². The number of H-pyrrole nitrogens is 1. The molecule has 1 aliphatic heterocycles. The van der Waals surface area contributed by atoms with Crippen LogP contribution in [0.3, 0.4) is 0 Å². The third kappa shape index (κ3) is 5.05. The summed E-state index contributed by atoms with van der Waals surface area (Å²) in [4.78, 5) is 25.9. The molecule has 2 N–H and O–H groups in total. The predicted molar refractivity (Wildman–Crippen MR) is 153 cm³/mol. The minimum Gasteiger partial charge on any atom is -0.493 e. The van der Waals surface area contributed by atoms with Gasteiger partial charge in [-0.05, 0) is 63.1 Å². The zero-order chi connectivity index (χ0) is 28.6. The summed E-state index contributed by atoms with van der Waals surface area (Å²) >= 11 is 0. The van der Waals surface area contributed by atoms with E-state index in [1.54, 1.807) is 19.1 Å². The first-order valence-electron chi connectivity index (χ1n) is 13.2. The minimum absolute atomic E-state index is 0.0417. The normalized spacial score (nSPS) is 13.8. The Labute approximate surface area is 232 Å². The van der Waals surface area contributed by atoms with E-state index in [2.05, 4.69) is 29.5 Å². The van der Waals surface area contributed by atoms with Crippen LogP contribution in [-0.2, 0) is 16.4 Å². The van der Waals surface area contributed by atoms with Gasteiger partial charge in [0.15, 0.2) is 17.0 Å². The fraction of sp³-hybridized carbons (Fsp3) is 0.357. The van der Waals surface area contributed by atoms with Crippen LogP contribution in [0.4, 0.5) is 11.4 Å². The molecular formula is C28H31N7O4S. The van der Waals surface area contributed by atoms with Gasteiger partial charge in [-0.25, -0.2) is 27.5 Å². The van der Waals surface area contributed by atoms with Gasteiger partial charge in [-0.3, -0.25) is 4.79 Å². The largest absolute Gasteiger partial charge is 0.493 e. The molecule has 0 unspecified atom stereocenters. The predicted octanol–water partition coefficient (Wildman–Crippen LogP) is 3.77. The highest BCUT2D eigenvalue weighted by Gasteiger charge is 2.32. The Morgan fingerprint density at radius 2 is 1.95 bits per heavy atom. The van der Waals surface area contributed by atoms with Gasteiger partial charge >= 0.3 is 0 Å². The van der Waals surface area contributed by atoms with Crippen molar-refractivity contribution < 1.29 is 13.2 Å². The second kappa shape index (κ2) is 10.7. The van der Waals surface area contributed by atoms with E-state index in [1.807, 2.05) is 32.9 Å². The molecule has 208 valence electrons. The molecule has 0 bridgehead atoms. The summed E-state index contributed by atoms with van der Waals surface area (Å²) in [6.07, 6.45) is 1.47. The molecule has 0 aliphatic carbocycles. The van der Waals surface area contributed by atoms with Crippen LogP contribution in [0.1, 0.15) is 37.4 Å². The number of fused-ring (bicyclic) bond motifs is 1. The van der Waals surface area contributed by atoms with E-state index in [0.717, 1.165) is 17.7 Å². The summed E-state index contributed by atoms with van der Waals surface area (Å²) in [5.41, 5.74) is 3.39. The number of imidazole rings is 1. The van der Waals surface area contributed by atoms with Gasteiger partial charge in [0.25, 0.3) is 5.56 Å². The van der Waals surface area contributed by atoms with E-state index in [-0.39, 0.29) is 22.3 Å². The maximum atomic E-state index is 13.4. The Morgan fingerprint density at radius 3 is 2.62 bits per heavy atom. The molecule has 0 amide bonds. The molecule has 11 nitrogen and oxygen atoms in total. The first kappa shape index (κ1) is 27.4. The molecule has 2 aromatic carbocycles. The maximum absolute atomic E-state index is 13.4. The molecule has 0 saturated carbocycles. The summed E-state index contributed by atoms with van der Waals surface area (Å²) < 4.78 is 36.8. The van der Waals surface area contributed by atoms with E-state index < -0.39 is 10.0 Å². The zero-order valence-corrected chi connectivity index (χ0v) is 23.7. The summed E-state index contributed by atoms with van der Waals surface area (Å²) in [7, 11) is -3.88. The van der Waals surface area contributed by atoms with Gasteiger partial charge in [-0.1, -0.05) is 13.0 Å². The Kier molecular flexibility index (Phi) is 7.35. The Bertz CT molecular complexity index is 1800. The topological polar surface area (TPSA) is 126 Å². The lowest BCUT2D eigenvalue weighted by atomic mass is 10.1. The summed E-state index contributed by atoms with van der Waals surface area (Å²) in [6.45, 7) is 16.1. The molecule has 0 radical (unpaired) electrons. The Balaban J connectivity index is 1.43. The van der Waals surface area contributed by atoms with E-state index >= 15 is 0 Å². The van der Waals surface area contributed by atoms with Crippen molar-refractivity contribution in [3.8, 4) is 17.1 Å². The standard InChI is InChI=1S/C28H31N7O4S/c1-6-8-25-30-18(4)26-28(36)31-27(32-35(25)26)22-14-21(10-12-24(22)39-7-2)40(37,38)33-19-15-34(16-19)20-9-11-23(29-5)17(3)13-20/h9-14,19,33H,6-8,15-16H2,1-4H3,(H,31,32,36). The van der Waals surface area contributed by atoms with E-state index in [9.17, 15) is 13.2 Å². The van der Waals surface area contributed by atoms with Gasteiger partial charge in [0.2, 0.25) is 10.0 Å². The van der Waals surface area contributed by atoms with Crippen molar-refractivity contribution in [2.45, 2.75) is 51.5 Å². The number of aromatic nitrogens is 4. The number of rotatable bonds is 9. The number of nitrogens with zero attached hydrogens (tertiary/aromatic N) is 5. The van der Waals surface area contributed by atoms with Gasteiger partial charge in [-0.2, -0.15) is 0 Å². The Hall–Kier alpha value is -4.21. The van der Waals surface area contributed by atoms with Gasteiger partial charge in [0.05, 0.1) is 35.4 Å². The molecule has 1 aliphatic rings. The van der Waals surface area contributed by atoms with Gasteiger partial charge in [0.1, 0.15) is 11.6 Å². The van der Waals surface area contributed by atoms with Crippen LogP contribution in [0.5, 0.6) is 5.75 Å². The number of aryl methyl sites for hydroxylation is 3. The van der Waals surface area contributed by atoms with Crippen LogP contribution in [-0.4, -0.2) is 53.7 Å². The second-order valence-corrected chi connectivity index (χ2v) is 11.5. The average molecular weight is 562 g/mol. The van der Waals surface area contributed by atoms with E-state index in [4.69, 9.17) is 11.3 Å². The lowest BCUT2D eigenvalue weighted by Gasteiger charge is -2.41. The van der Waals surface area contributed by atoms with E-state index in [1.165, 1.54) is 16.6 Å². The van der Waals surface area contributed by atoms with Crippen molar-refractivity contribution in [3.05, 3.63) is 75.3 Å². The van der Waals surface area contributed by atoms with Crippen LogP contribution in [0, 0.1) is 20.4 Å². The molecule has 5 rings (SSSR count). The fourth-order valence-corrected chi connectivity index (χ4v) is 6.14. The van der Waals surface area contributed by atoms with Crippen molar-refractivity contribution in [2.75, 3.05) is 24.6 Å². The monoisotopic (exact) mass is 561 g/mol. The third-order valence-corrected chi connectivity index (χ3v) is 8.42. The smallest absolute Gasteiger partial charge is 0.277 e. The number of hydrogen-bond acceptors (Lipinski definition) is 7. The lowest BCUT2D eigenvalue weighted by molar-refractivity contribution is 0.341. The van der Waals surface area contributed by atoms with Crippen molar-refractivity contribution in [1.82, 2.24) is 24.3 Å². The first-order chi connectivity index (χ1) is 19.1. The molecule has 1 saturated heterocycles. The number of nitrogens with one attached hydrogen (secondary N) is 2. The Morgan fingerprint density at radius 1 is 1.18 bits per heavy atom. The minimum atomic E-state index is -3.88. The van der Waals surface area contributed by atoms with Crippen molar-refractivity contribution >= 4 is 26.9 Å². The van der Waals surface area contributed by atoms with Crippen molar-refractivity contribution in [3.63, 3.8) is 0 Å². The van der Waals surface area contributed by atoms with Crippen molar-refractivity contribution in [1.29, 1.82) is 0 Å². The molecule has 40 heavy (non-hydrogen) atoms. The highest BCUT2D eigenvalue weighted by atomic mass is 32.2. The molecule has 3 heterocycles. The highest BCUT2D eigenvalue weighted by molar-refractivity contribution is 7.89. The second-order valence-electron chi connectivity index (χ2n) is 9.82. The third-order valence-electron chi connectivity index (χ3n) is 6.90. The number of aromatic amines is 1. The summed E-state index contributed by atoms with van der Waals surface area (Å²) in [5.74, 6) is 1.27. The van der Waals surface area contributed by atoms with Gasteiger partial charge in [-0.15, -0.1) is 5.10 Å². The van der Waals surface area contributed by atoms with Crippen LogP contribution in [0.25, 0.3) is 21.7 Å². The fourth-order valence-electron chi connectivity index (χ4n) is 4.90. The highest BCUT2D eigenvalue weighted by Crippen LogP contribution is 2.31. The number of anilines is 1. The molecule has 0 spiro atoms. The average Bonchev–Trinajstić information content (AvgIpc) is 3.21. The maximum Gasteiger partial charge on any atom is 0.277 e. The number of sulfonamides is 1. The lowest BCUT2D eigenvalue weighted by Crippen LogP contribution is -2.59. The molecule has 4 aromatic rings. The van der Waals surface area contributed by atoms with Crippen molar-refractivity contribution in [2.24, 2.45) is 0 Å². The number of hydrogen-bond donors (Lipinski definition) is 2. The zero-order valence-electron chi connectivity index (χ0n) is 22.9. The van der Waals surface area contributed by atoms with E-state index in [0.29, 0.717) is 60.2 Å². The molecule has 2 aromatic heterocycles. The SMILES string of the molecule is [C-]#[N+]c1ccc(N2CC(NS(=O)(=O)c3ccc(OCC)c(-c4nn5c(CCC)nc(C)c5c(=O)[nH]4)c3)C2)cc1C. The van der Waals surface area contributed by atoms with Crippen LogP contribution >= 0.6 is 0 Å². The first-order valence-corrected chi connectivity index (χ1v) is 14.6. The van der Waals surface area contributed by atoms with Gasteiger partial charge < -0.3 is 14.6 Å². The molecule has 1 fully saturated rings. The quantitative estimate of drug-likeness (QED) is 0.298.